The summed E-state index contributed by atoms with van der Waals surface area (Å²) in [5, 5.41) is 9.83. The SMILES string of the molecule is CCCCN1C(=O)C(O)=C(c2ccccc2)S1(=O)=O. The Morgan fingerprint density at radius 1 is 1.21 bits per heavy atom. The predicted octanol–water partition coefficient (Wildman–Crippen LogP) is 1.89. The Bertz CT molecular complexity index is 619. The van der Waals surface area contributed by atoms with Crippen molar-refractivity contribution in [1.29, 1.82) is 0 Å². The molecule has 0 spiro atoms. The summed E-state index contributed by atoms with van der Waals surface area (Å²) in [6, 6.07) is 8.16. The van der Waals surface area contributed by atoms with Crippen molar-refractivity contribution in [3.8, 4) is 0 Å². The van der Waals surface area contributed by atoms with Crippen LogP contribution >= 0.6 is 0 Å². The highest BCUT2D eigenvalue weighted by atomic mass is 32.2. The maximum atomic E-state index is 12.3. The fourth-order valence-corrected chi connectivity index (χ4v) is 3.62. The van der Waals surface area contributed by atoms with E-state index in [-0.39, 0.29) is 11.4 Å². The van der Waals surface area contributed by atoms with Crippen molar-refractivity contribution in [2.24, 2.45) is 0 Å². The molecule has 2 rings (SSSR count). The van der Waals surface area contributed by atoms with Crippen LogP contribution in [0.5, 0.6) is 0 Å². The number of nitrogens with zero attached hydrogens (tertiary/aromatic N) is 1. The molecule has 0 saturated carbocycles. The quantitative estimate of drug-likeness (QED) is 0.914. The zero-order valence-corrected chi connectivity index (χ0v) is 11.4. The Balaban J connectivity index is 2.47. The van der Waals surface area contributed by atoms with E-state index in [1.54, 1.807) is 30.3 Å². The van der Waals surface area contributed by atoms with Gasteiger partial charge in [0.1, 0.15) is 4.91 Å². The minimum atomic E-state index is -3.94. The third-order valence-corrected chi connectivity index (χ3v) is 4.82. The van der Waals surface area contributed by atoms with Crippen LogP contribution in [0.1, 0.15) is 25.3 Å². The molecule has 102 valence electrons. The minimum Gasteiger partial charge on any atom is -0.502 e. The number of rotatable bonds is 4. The number of sulfonamides is 1. The van der Waals surface area contributed by atoms with Crippen molar-refractivity contribution in [1.82, 2.24) is 4.31 Å². The Kier molecular flexibility index (Phi) is 3.61. The molecule has 0 saturated heterocycles. The molecule has 0 unspecified atom stereocenters. The summed E-state index contributed by atoms with van der Waals surface area (Å²) in [4.78, 5) is 11.6. The molecule has 1 aliphatic rings. The van der Waals surface area contributed by atoms with Gasteiger partial charge in [0, 0.05) is 6.54 Å². The number of amides is 1. The van der Waals surface area contributed by atoms with Gasteiger partial charge in [-0.25, -0.2) is 12.7 Å². The number of carbonyl (C=O) groups is 1. The Hall–Kier alpha value is -1.82. The van der Waals surface area contributed by atoms with Crippen LogP contribution < -0.4 is 0 Å². The smallest absolute Gasteiger partial charge is 0.303 e. The first-order valence-electron chi connectivity index (χ1n) is 6.06. The van der Waals surface area contributed by atoms with E-state index in [0.717, 1.165) is 10.7 Å². The van der Waals surface area contributed by atoms with Crippen LogP contribution in [0, 0.1) is 0 Å². The summed E-state index contributed by atoms with van der Waals surface area (Å²) in [5.41, 5.74) is 0.326. The normalized spacial score (nSPS) is 18.2. The molecule has 0 bridgehead atoms. The molecule has 0 aliphatic carbocycles. The summed E-state index contributed by atoms with van der Waals surface area (Å²) in [5.74, 6) is -1.53. The monoisotopic (exact) mass is 281 g/mol. The number of hydrogen-bond donors (Lipinski definition) is 1. The third kappa shape index (κ3) is 2.23. The molecule has 1 amide bonds. The summed E-state index contributed by atoms with van der Waals surface area (Å²) in [6.07, 6.45) is 1.33. The molecule has 6 heteroatoms. The van der Waals surface area contributed by atoms with Crippen molar-refractivity contribution >= 4 is 20.8 Å². The van der Waals surface area contributed by atoms with Crippen LogP contribution in [-0.2, 0) is 14.8 Å². The second-order valence-electron chi connectivity index (χ2n) is 4.28. The highest BCUT2D eigenvalue weighted by molar-refractivity contribution is 7.99. The van der Waals surface area contributed by atoms with Crippen molar-refractivity contribution < 1.29 is 18.3 Å². The molecule has 0 radical (unpaired) electrons. The van der Waals surface area contributed by atoms with Gasteiger partial charge in [0.25, 0.3) is 10.0 Å². The van der Waals surface area contributed by atoms with E-state index in [0.29, 0.717) is 12.0 Å². The maximum absolute atomic E-state index is 12.3. The second-order valence-corrected chi connectivity index (χ2v) is 6.08. The minimum absolute atomic E-state index is 0.0953. The van der Waals surface area contributed by atoms with Crippen molar-refractivity contribution in [2.75, 3.05) is 6.54 Å². The van der Waals surface area contributed by atoms with E-state index in [2.05, 4.69) is 0 Å². The van der Waals surface area contributed by atoms with Gasteiger partial charge in [-0.1, -0.05) is 43.7 Å². The molecular weight excluding hydrogens is 266 g/mol. The van der Waals surface area contributed by atoms with Crippen LogP contribution in [0.3, 0.4) is 0 Å². The lowest BCUT2D eigenvalue weighted by Gasteiger charge is -2.15. The van der Waals surface area contributed by atoms with Gasteiger partial charge < -0.3 is 5.11 Å². The molecule has 1 aromatic carbocycles. The summed E-state index contributed by atoms with van der Waals surface area (Å²) in [6.45, 7) is 2.00. The van der Waals surface area contributed by atoms with E-state index < -0.39 is 21.7 Å². The van der Waals surface area contributed by atoms with Crippen LogP contribution in [0.25, 0.3) is 4.91 Å². The van der Waals surface area contributed by atoms with E-state index in [4.69, 9.17) is 0 Å². The predicted molar refractivity (Wildman–Crippen MR) is 71.5 cm³/mol. The first-order valence-corrected chi connectivity index (χ1v) is 7.50. The van der Waals surface area contributed by atoms with Gasteiger partial charge in [-0.15, -0.1) is 0 Å². The summed E-state index contributed by atoms with van der Waals surface area (Å²) < 4.78 is 25.4. The van der Waals surface area contributed by atoms with Gasteiger partial charge in [-0.05, 0) is 12.0 Å². The lowest BCUT2D eigenvalue weighted by Crippen LogP contribution is -2.32. The van der Waals surface area contributed by atoms with Crippen LogP contribution in [0.2, 0.25) is 0 Å². The van der Waals surface area contributed by atoms with E-state index in [9.17, 15) is 18.3 Å². The first kappa shape index (κ1) is 13.6. The molecule has 1 heterocycles. The van der Waals surface area contributed by atoms with Crippen molar-refractivity contribution in [2.45, 2.75) is 19.8 Å². The highest BCUT2D eigenvalue weighted by Crippen LogP contribution is 2.34. The van der Waals surface area contributed by atoms with Gasteiger partial charge in [0.05, 0.1) is 0 Å². The van der Waals surface area contributed by atoms with Crippen LogP contribution in [-0.4, -0.2) is 30.3 Å². The molecule has 19 heavy (non-hydrogen) atoms. The lowest BCUT2D eigenvalue weighted by atomic mass is 10.2. The fraction of sp³-hybridized carbons (Fsp3) is 0.308. The number of aliphatic hydroxyl groups is 1. The van der Waals surface area contributed by atoms with E-state index >= 15 is 0 Å². The Morgan fingerprint density at radius 2 is 1.84 bits per heavy atom. The first-order chi connectivity index (χ1) is 9.00. The average molecular weight is 281 g/mol. The molecule has 0 atom stereocenters. The van der Waals surface area contributed by atoms with E-state index in [1.807, 2.05) is 6.92 Å². The molecule has 1 aliphatic heterocycles. The van der Waals surface area contributed by atoms with Crippen molar-refractivity contribution in [3.63, 3.8) is 0 Å². The number of aliphatic hydroxyl groups excluding tert-OH is 1. The molecule has 1 N–H and O–H groups in total. The maximum Gasteiger partial charge on any atom is 0.303 e. The molecule has 1 aromatic rings. The number of unbranched alkanes of at least 4 members (excludes halogenated alkanes) is 1. The molecule has 5 nitrogen and oxygen atoms in total. The number of hydrogen-bond acceptors (Lipinski definition) is 4. The van der Waals surface area contributed by atoms with Gasteiger partial charge in [0.2, 0.25) is 5.76 Å². The van der Waals surface area contributed by atoms with Gasteiger partial charge in [-0.2, -0.15) is 0 Å². The fourth-order valence-electron chi connectivity index (χ4n) is 1.96. The zero-order valence-electron chi connectivity index (χ0n) is 10.5. The standard InChI is InChI=1S/C13H15NO4S/c1-2-3-9-14-13(16)11(15)12(19(14,17)18)10-7-5-4-6-8-10/h4-8,15H,2-3,9H2,1H3. The number of benzene rings is 1. The van der Waals surface area contributed by atoms with Gasteiger partial charge in [0.15, 0.2) is 0 Å². The Labute approximate surface area is 112 Å². The largest absolute Gasteiger partial charge is 0.502 e. The summed E-state index contributed by atoms with van der Waals surface area (Å²) in [7, 11) is -3.94. The van der Waals surface area contributed by atoms with Crippen LogP contribution in [0.4, 0.5) is 0 Å². The topological polar surface area (TPSA) is 74.7 Å². The van der Waals surface area contributed by atoms with Gasteiger partial charge in [-0.3, -0.25) is 4.79 Å². The molecule has 0 fully saturated rings. The number of carbonyl (C=O) groups excluding carboxylic acids is 1. The second kappa shape index (κ2) is 5.05. The average Bonchev–Trinajstić information content (AvgIpc) is 2.55. The third-order valence-electron chi connectivity index (χ3n) is 2.94. The van der Waals surface area contributed by atoms with Crippen LogP contribution in [0.15, 0.2) is 36.1 Å². The Morgan fingerprint density at radius 3 is 2.42 bits per heavy atom. The summed E-state index contributed by atoms with van der Waals surface area (Å²) >= 11 is 0. The van der Waals surface area contributed by atoms with Gasteiger partial charge >= 0.3 is 5.91 Å². The van der Waals surface area contributed by atoms with Crippen molar-refractivity contribution in [3.05, 3.63) is 41.7 Å². The molecule has 0 aromatic heterocycles. The lowest BCUT2D eigenvalue weighted by molar-refractivity contribution is -0.124. The molecular formula is C13H15NO4S. The zero-order chi connectivity index (χ0) is 14.0. The van der Waals surface area contributed by atoms with E-state index in [1.165, 1.54) is 0 Å². The highest BCUT2D eigenvalue weighted by Gasteiger charge is 2.44.